The minimum atomic E-state index is -0.391. The Hall–Kier alpha value is -1.46. The lowest BCUT2D eigenvalue weighted by Gasteiger charge is -2.40. The van der Waals surface area contributed by atoms with Crippen LogP contribution in [0.3, 0.4) is 0 Å². The summed E-state index contributed by atoms with van der Waals surface area (Å²) >= 11 is 3.58. The number of likely N-dealkylation sites (N-methyl/N-ethyl adjacent to an activating group) is 1. The second-order valence-corrected chi connectivity index (χ2v) is 8.17. The number of benzene rings is 1. The molecule has 1 fully saturated rings. The van der Waals surface area contributed by atoms with Gasteiger partial charge in [0.25, 0.3) is 0 Å². The Kier molecular flexibility index (Phi) is 3.69. The van der Waals surface area contributed by atoms with E-state index in [0.29, 0.717) is 6.04 Å². The van der Waals surface area contributed by atoms with Crippen molar-refractivity contribution in [3.05, 3.63) is 34.4 Å². The van der Waals surface area contributed by atoms with Crippen LogP contribution in [0.2, 0.25) is 0 Å². The van der Waals surface area contributed by atoms with Crippen LogP contribution in [0, 0.1) is 0 Å². The Labute approximate surface area is 151 Å². The number of fused-ring (bicyclic) bond motifs is 4. The molecule has 0 N–H and O–H groups in total. The number of halogens is 1. The van der Waals surface area contributed by atoms with Gasteiger partial charge < -0.3 is 9.80 Å². The molecule has 5 heteroatoms. The van der Waals surface area contributed by atoms with Crippen molar-refractivity contribution in [3.8, 4) is 0 Å². The van der Waals surface area contributed by atoms with Crippen molar-refractivity contribution in [2.45, 2.75) is 38.1 Å². The zero-order valence-electron chi connectivity index (χ0n) is 14.3. The quantitative estimate of drug-likeness (QED) is 0.747. The lowest BCUT2D eigenvalue weighted by molar-refractivity contribution is -0.124. The van der Waals surface area contributed by atoms with Crippen LogP contribution in [0.4, 0.5) is 5.69 Å². The first-order chi connectivity index (χ1) is 11.4. The van der Waals surface area contributed by atoms with Crippen LogP contribution in [-0.4, -0.2) is 42.0 Å². The van der Waals surface area contributed by atoms with Crippen molar-refractivity contribution >= 4 is 38.4 Å². The molecule has 0 atom stereocenters. The summed E-state index contributed by atoms with van der Waals surface area (Å²) < 4.78 is 1.03. The Morgan fingerprint density at radius 3 is 2.62 bits per heavy atom. The van der Waals surface area contributed by atoms with Gasteiger partial charge in [0.1, 0.15) is 0 Å². The van der Waals surface area contributed by atoms with Crippen molar-refractivity contribution in [1.82, 2.24) is 9.88 Å². The fraction of sp³-hybridized carbons (Fsp3) is 0.474. The van der Waals surface area contributed by atoms with E-state index >= 15 is 0 Å². The molecule has 1 spiro atoms. The average molecular weight is 388 g/mol. The van der Waals surface area contributed by atoms with Crippen molar-refractivity contribution in [2.75, 3.05) is 25.0 Å². The zero-order chi connectivity index (χ0) is 17.1. The van der Waals surface area contributed by atoms with Crippen LogP contribution < -0.4 is 4.90 Å². The summed E-state index contributed by atoms with van der Waals surface area (Å²) in [6, 6.07) is 6.68. The first-order valence-corrected chi connectivity index (χ1v) is 9.34. The molecule has 4 nitrogen and oxygen atoms in total. The maximum absolute atomic E-state index is 13.2. The Morgan fingerprint density at radius 1 is 1.25 bits per heavy atom. The molecule has 4 rings (SSSR count). The standard InChI is InChI=1S/C19H22BrN3O/c1-12(2)23-8-6-19(7-9-23)17-14-10-13(20)4-5-15(14)21-11-16(17)22(3)18(19)24/h4-5,10-12H,6-9H2,1-3H3. The van der Waals surface area contributed by atoms with Gasteiger partial charge in [-0.1, -0.05) is 15.9 Å². The third-order valence-electron chi connectivity index (χ3n) is 5.75. The highest BCUT2D eigenvalue weighted by Gasteiger charge is 2.52. The number of amides is 1. The van der Waals surface area contributed by atoms with Gasteiger partial charge in [-0.15, -0.1) is 0 Å². The largest absolute Gasteiger partial charge is 0.313 e. The highest BCUT2D eigenvalue weighted by atomic mass is 79.9. The predicted octanol–water partition coefficient (Wildman–Crippen LogP) is 3.72. The van der Waals surface area contributed by atoms with Crippen molar-refractivity contribution in [3.63, 3.8) is 0 Å². The third kappa shape index (κ3) is 2.14. The second kappa shape index (κ2) is 5.53. The molecule has 0 saturated carbocycles. The SMILES string of the molecule is CC(C)N1CCC2(CC1)C(=O)N(C)c1cnc3ccc(Br)cc3c12. The highest BCUT2D eigenvalue weighted by molar-refractivity contribution is 9.10. The van der Waals surface area contributed by atoms with E-state index in [1.165, 1.54) is 5.56 Å². The van der Waals surface area contributed by atoms with Gasteiger partial charge in [0.15, 0.2) is 0 Å². The summed E-state index contributed by atoms with van der Waals surface area (Å²) in [4.78, 5) is 22.1. The number of rotatable bonds is 1. The molecule has 0 unspecified atom stereocenters. The topological polar surface area (TPSA) is 36.4 Å². The molecule has 1 amide bonds. The molecule has 1 saturated heterocycles. The van der Waals surface area contributed by atoms with Crippen LogP contribution in [0.5, 0.6) is 0 Å². The minimum Gasteiger partial charge on any atom is -0.313 e. The summed E-state index contributed by atoms with van der Waals surface area (Å²) in [5.41, 5.74) is 2.73. The van der Waals surface area contributed by atoms with E-state index in [2.05, 4.69) is 45.7 Å². The molecular weight excluding hydrogens is 366 g/mol. The number of piperidine rings is 1. The number of hydrogen-bond acceptors (Lipinski definition) is 3. The smallest absolute Gasteiger partial charge is 0.237 e. The first-order valence-electron chi connectivity index (χ1n) is 8.55. The van der Waals surface area contributed by atoms with Crippen molar-refractivity contribution in [2.24, 2.45) is 0 Å². The van der Waals surface area contributed by atoms with Gasteiger partial charge in [0.05, 0.1) is 22.8 Å². The first kappa shape index (κ1) is 16.0. The number of likely N-dealkylation sites (tertiary alicyclic amines) is 1. The molecule has 2 aromatic rings. The van der Waals surface area contributed by atoms with Crippen molar-refractivity contribution < 1.29 is 4.79 Å². The van der Waals surface area contributed by atoms with Gasteiger partial charge in [-0.05, 0) is 58.0 Å². The maximum Gasteiger partial charge on any atom is 0.237 e. The second-order valence-electron chi connectivity index (χ2n) is 7.26. The summed E-state index contributed by atoms with van der Waals surface area (Å²) in [6.07, 6.45) is 3.63. The number of nitrogens with zero attached hydrogens (tertiary/aromatic N) is 3. The van der Waals surface area contributed by atoms with E-state index in [1.54, 1.807) is 0 Å². The molecule has 1 aromatic heterocycles. The van der Waals surface area contributed by atoms with Crippen LogP contribution in [0.15, 0.2) is 28.9 Å². The maximum atomic E-state index is 13.2. The lowest BCUT2D eigenvalue weighted by atomic mass is 9.72. The molecule has 0 radical (unpaired) electrons. The number of aromatic nitrogens is 1. The normalized spacial score (nSPS) is 20.4. The minimum absolute atomic E-state index is 0.232. The number of pyridine rings is 1. The van der Waals surface area contributed by atoms with Crippen LogP contribution in [0.1, 0.15) is 32.3 Å². The van der Waals surface area contributed by atoms with E-state index in [4.69, 9.17) is 0 Å². The number of anilines is 1. The summed E-state index contributed by atoms with van der Waals surface area (Å²) in [5, 5.41) is 1.11. The van der Waals surface area contributed by atoms with Gasteiger partial charge in [-0.3, -0.25) is 9.78 Å². The molecular formula is C19H22BrN3O. The Balaban J connectivity index is 1.90. The summed E-state index contributed by atoms with van der Waals surface area (Å²) in [6.45, 7) is 6.39. The van der Waals surface area contributed by atoms with E-state index in [9.17, 15) is 4.79 Å². The predicted molar refractivity (Wildman–Crippen MR) is 100 cm³/mol. The Morgan fingerprint density at radius 2 is 1.96 bits per heavy atom. The van der Waals surface area contributed by atoms with Gasteiger partial charge in [-0.25, -0.2) is 0 Å². The molecule has 126 valence electrons. The molecule has 1 aromatic carbocycles. The Bertz CT molecular complexity index is 825. The van der Waals surface area contributed by atoms with E-state index in [-0.39, 0.29) is 5.91 Å². The van der Waals surface area contributed by atoms with Gasteiger partial charge >= 0.3 is 0 Å². The third-order valence-corrected chi connectivity index (χ3v) is 6.24. The van der Waals surface area contributed by atoms with Gasteiger partial charge in [0, 0.05) is 28.5 Å². The molecule has 2 aliphatic heterocycles. The van der Waals surface area contributed by atoms with E-state index in [0.717, 1.165) is 47.0 Å². The fourth-order valence-electron chi connectivity index (χ4n) is 4.33. The van der Waals surface area contributed by atoms with Gasteiger partial charge in [-0.2, -0.15) is 0 Å². The summed E-state index contributed by atoms with van der Waals surface area (Å²) in [5.74, 6) is 0.232. The number of carbonyl (C=O) groups is 1. The van der Waals surface area contributed by atoms with Crippen LogP contribution >= 0.6 is 15.9 Å². The van der Waals surface area contributed by atoms with Gasteiger partial charge in [0.2, 0.25) is 5.91 Å². The van der Waals surface area contributed by atoms with Crippen molar-refractivity contribution in [1.29, 1.82) is 0 Å². The molecule has 2 aliphatic rings. The monoisotopic (exact) mass is 387 g/mol. The highest BCUT2D eigenvalue weighted by Crippen LogP contribution is 2.50. The molecule has 0 aliphatic carbocycles. The van der Waals surface area contributed by atoms with E-state index < -0.39 is 5.41 Å². The lowest BCUT2D eigenvalue weighted by Crippen LogP contribution is -2.49. The van der Waals surface area contributed by atoms with Crippen LogP contribution in [0.25, 0.3) is 10.9 Å². The number of carbonyl (C=O) groups excluding carboxylic acids is 1. The zero-order valence-corrected chi connectivity index (χ0v) is 15.9. The molecule has 24 heavy (non-hydrogen) atoms. The molecule has 3 heterocycles. The fourth-order valence-corrected chi connectivity index (χ4v) is 4.70. The summed E-state index contributed by atoms with van der Waals surface area (Å²) in [7, 11) is 1.89. The average Bonchev–Trinajstić information content (AvgIpc) is 2.78. The number of hydrogen-bond donors (Lipinski definition) is 0. The van der Waals surface area contributed by atoms with Crippen LogP contribution in [-0.2, 0) is 10.2 Å². The van der Waals surface area contributed by atoms with E-state index in [1.807, 2.05) is 30.3 Å². The molecule has 0 bridgehead atoms.